The Morgan fingerprint density at radius 1 is 1.00 bits per heavy atom. The van der Waals surface area contributed by atoms with Gasteiger partial charge in [0.1, 0.15) is 11.6 Å². The minimum atomic E-state index is -0.374. The van der Waals surface area contributed by atoms with Gasteiger partial charge >= 0.3 is 5.97 Å². The minimum absolute atomic E-state index is 0.0307. The van der Waals surface area contributed by atoms with E-state index in [1.54, 1.807) is 12.1 Å². The minimum Gasteiger partial charge on any atom is -0.423 e. The highest BCUT2D eigenvalue weighted by Crippen LogP contribution is 2.26. The third kappa shape index (κ3) is 4.60. The van der Waals surface area contributed by atoms with Crippen LogP contribution in [0.5, 0.6) is 5.75 Å². The molecule has 5 heteroatoms. The molecular weight excluding hydrogens is 347 g/mol. The second-order valence-corrected chi connectivity index (χ2v) is 7.92. The average Bonchev–Trinajstić information content (AvgIpc) is 2.67. The molecular formula is C23H25BN2O2. The molecule has 3 rings (SSSR count). The van der Waals surface area contributed by atoms with Crippen molar-refractivity contribution in [2.45, 2.75) is 32.5 Å². The molecule has 0 aliphatic heterocycles. The summed E-state index contributed by atoms with van der Waals surface area (Å²) in [5.74, 6) is 0.147. The molecule has 0 bridgehead atoms. The van der Waals surface area contributed by atoms with E-state index in [4.69, 9.17) is 15.9 Å². The van der Waals surface area contributed by atoms with E-state index in [2.05, 4.69) is 20.8 Å². The lowest BCUT2D eigenvalue weighted by Crippen LogP contribution is -2.25. The SMILES string of the molecule is CCC(C)(C)Bc1ccc(C(=O)Oc2ccc3cc(C(=N)N)ccc3c2)cc1. The first-order valence-electron chi connectivity index (χ1n) is 9.47. The van der Waals surface area contributed by atoms with Gasteiger partial charge in [-0.05, 0) is 41.1 Å². The standard InChI is InChI=1S/C23H25BN2O2/c1-4-23(2,3)24-19-10-7-15(8-11-19)22(27)28-20-12-9-16-13-18(21(25)26)6-5-17(16)14-20/h5-14,24H,4H2,1-3H3,(H3,25,26). The molecule has 0 atom stereocenters. The van der Waals surface area contributed by atoms with E-state index in [1.807, 2.05) is 48.5 Å². The number of benzene rings is 3. The molecule has 0 radical (unpaired) electrons. The fourth-order valence-corrected chi connectivity index (χ4v) is 3.06. The largest absolute Gasteiger partial charge is 0.423 e. The molecule has 0 saturated heterocycles. The van der Waals surface area contributed by atoms with Crippen LogP contribution in [0.1, 0.15) is 43.1 Å². The summed E-state index contributed by atoms with van der Waals surface area (Å²) >= 11 is 0. The summed E-state index contributed by atoms with van der Waals surface area (Å²) in [4.78, 5) is 12.5. The van der Waals surface area contributed by atoms with Gasteiger partial charge in [-0.25, -0.2) is 4.79 Å². The van der Waals surface area contributed by atoms with Crippen LogP contribution < -0.4 is 15.9 Å². The van der Waals surface area contributed by atoms with Gasteiger partial charge in [-0.3, -0.25) is 5.41 Å². The normalized spacial score (nSPS) is 11.2. The van der Waals surface area contributed by atoms with Gasteiger partial charge in [0.05, 0.1) is 5.56 Å². The van der Waals surface area contributed by atoms with Gasteiger partial charge in [0.2, 0.25) is 0 Å². The van der Waals surface area contributed by atoms with Crippen LogP contribution in [0.25, 0.3) is 10.8 Å². The zero-order valence-electron chi connectivity index (χ0n) is 16.6. The van der Waals surface area contributed by atoms with Crippen LogP contribution in [-0.2, 0) is 0 Å². The summed E-state index contributed by atoms with van der Waals surface area (Å²) in [5, 5.41) is 9.63. The lowest BCUT2D eigenvalue weighted by molar-refractivity contribution is 0.0735. The summed E-state index contributed by atoms with van der Waals surface area (Å²) in [6, 6.07) is 18.6. The molecule has 0 fully saturated rings. The second-order valence-electron chi connectivity index (χ2n) is 7.92. The first-order chi connectivity index (χ1) is 13.3. The van der Waals surface area contributed by atoms with Crippen molar-refractivity contribution in [1.29, 1.82) is 5.41 Å². The van der Waals surface area contributed by atoms with Gasteiger partial charge in [0.25, 0.3) is 0 Å². The van der Waals surface area contributed by atoms with Crippen molar-refractivity contribution in [2.75, 3.05) is 0 Å². The Morgan fingerprint density at radius 3 is 2.25 bits per heavy atom. The van der Waals surface area contributed by atoms with E-state index < -0.39 is 0 Å². The summed E-state index contributed by atoms with van der Waals surface area (Å²) in [6.07, 6.45) is 1.10. The van der Waals surface area contributed by atoms with Crippen molar-refractivity contribution in [1.82, 2.24) is 0 Å². The third-order valence-corrected chi connectivity index (χ3v) is 5.16. The van der Waals surface area contributed by atoms with Crippen molar-refractivity contribution < 1.29 is 9.53 Å². The van der Waals surface area contributed by atoms with Gasteiger partial charge in [0.15, 0.2) is 7.28 Å². The second kappa shape index (κ2) is 7.89. The zero-order valence-corrected chi connectivity index (χ0v) is 16.6. The monoisotopic (exact) mass is 372 g/mol. The molecule has 4 nitrogen and oxygen atoms in total. The van der Waals surface area contributed by atoms with Crippen molar-refractivity contribution >= 4 is 35.3 Å². The number of nitrogens with two attached hydrogens (primary N) is 1. The molecule has 0 aliphatic carbocycles. The van der Waals surface area contributed by atoms with Gasteiger partial charge in [-0.2, -0.15) is 0 Å². The highest BCUT2D eigenvalue weighted by Gasteiger charge is 2.18. The fourth-order valence-electron chi connectivity index (χ4n) is 3.06. The molecule has 0 aromatic heterocycles. The van der Waals surface area contributed by atoms with Crippen molar-refractivity contribution in [2.24, 2.45) is 5.73 Å². The Hall–Kier alpha value is -3.08. The highest BCUT2D eigenvalue weighted by atomic mass is 16.5. The maximum Gasteiger partial charge on any atom is 0.343 e. The van der Waals surface area contributed by atoms with E-state index in [9.17, 15) is 4.79 Å². The number of carbonyl (C=O) groups is 1. The highest BCUT2D eigenvalue weighted by molar-refractivity contribution is 6.56. The number of nitrogen functional groups attached to an aromatic ring is 1. The van der Waals surface area contributed by atoms with Crippen LogP contribution >= 0.6 is 0 Å². The summed E-state index contributed by atoms with van der Waals surface area (Å²) < 4.78 is 5.54. The number of fused-ring (bicyclic) bond motifs is 1. The number of rotatable bonds is 6. The predicted molar refractivity (Wildman–Crippen MR) is 117 cm³/mol. The van der Waals surface area contributed by atoms with E-state index in [1.165, 1.54) is 5.46 Å². The molecule has 3 N–H and O–H groups in total. The Balaban J connectivity index is 1.73. The zero-order chi connectivity index (χ0) is 20.3. The smallest absolute Gasteiger partial charge is 0.343 e. The maximum atomic E-state index is 12.5. The van der Waals surface area contributed by atoms with E-state index in [0.29, 0.717) is 16.9 Å². The van der Waals surface area contributed by atoms with Crippen LogP contribution in [0.15, 0.2) is 60.7 Å². The summed E-state index contributed by atoms with van der Waals surface area (Å²) in [7, 11) is 0.978. The third-order valence-electron chi connectivity index (χ3n) is 5.16. The van der Waals surface area contributed by atoms with E-state index >= 15 is 0 Å². The number of amidine groups is 1. The van der Waals surface area contributed by atoms with Gasteiger partial charge in [-0.1, -0.05) is 68.3 Å². The molecule has 0 spiro atoms. The number of hydrogen-bond acceptors (Lipinski definition) is 3. The number of carbonyl (C=O) groups excluding carboxylic acids is 1. The van der Waals surface area contributed by atoms with Crippen molar-refractivity contribution in [3.63, 3.8) is 0 Å². The molecule has 3 aromatic carbocycles. The van der Waals surface area contributed by atoms with E-state index in [0.717, 1.165) is 24.5 Å². The molecule has 0 heterocycles. The Bertz CT molecular complexity index is 1030. The first-order valence-corrected chi connectivity index (χ1v) is 9.47. The quantitative estimate of drug-likeness (QED) is 0.226. The Kier molecular flexibility index (Phi) is 5.54. The molecule has 3 aromatic rings. The summed E-state index contributed by atoms with van der Waals surface area (Å²) in [5.41, 5.74) is 7.95. The molecule has 142 valence electrons. The molecule has 0 unspecified atom stereocenters. The molecule has 0 amide bonds. The van der Waals surface area contributed by atoms with E-state index in [-0.39, 0.29) is 17.1 Å². The van der Waals surface area contributed by atoms with Crippen LogP contribution in [0, 0.1) is 5.41 Å². The van der Waals surface area contributed by atoms with Crippen LogP contribution in [0.4, 0.5) is 0 Å². The summed E-state index contributed by atoms with van der Waals surface area (Å²) in [6.45, 7) is 6.68. The number of hydrogen-bond donors (Lipinski definition) is 2. The number of ether oxygens (including phenoxy) is 1. The van der Waals surface area contributed by atoms with Gasteiger partial charge < -0.3 is 10.5 Å². The van der Waals surface area contributed by atoms with Crippen molar-refractivity contribution in [3.8, 4) is 5.75 Å². The molecule has 28 heavy (non-hydrogen) atoms. The van der Waals surface area contributed by atoms with Crippen LogP contribution in [0.2, 0.25) is 5.31 Å². The fraction of sp³-hybridized carbons (Fsp3) is 0.217. The molecule has 0 saturated carbocycles. The lowest BCUT2D eigenvalue weighted by Gasteiger charge is -2.21. The Morgan fingerprint density at radius 2 is 1.61 bits per heavy atom. The molecule has 0 aliphatic rings. The topological polar surface area (TPSA) is 76.2 Å². The van der Waals surface area contributed by atoms with Crippen molar-refractivity contribution in [3.05, 3.63) is 71.8 Å². The number of nitrogens with one attached hydrogen (secondary N) is 1. The van der Waals surface area contributed by atoms with Crippen LogP contribution in [-0.4, -0.2) is 19.1 Å². The predicted octanol–water partition coefficient (Wildman–Crippen LogP) is 4.01. The lowest BCUT2D eigenvalue weighted by atomic mass is 9.49. The van der Waals surface area contributed by atoms with Gasteiger partial charge in [-0.15, -0.1) is 0 Å². The Labute approximate surface area is 166 Å². The number of esters is 1. The maximum absolute atomic E-state index is 12.5. The van der Waals surface area contributed by atoms with Crippen LogP contribution in [0.3, 0.4) is 0 Å². The van der Waals surface area contributed by atoms with Gasteiger partial charge in [0, 0.05) is 5.56 Å². The first kappa shape index (κ1) is 19.7. The average molecular weight is 372 g/mol.